The van der Waals surface area contributed by atoms with Crippen LogP contribution >= 0.6 is 31.9 Å². The highest BCUT2D eigenvalue weighted by Crippen LogP contribution is 2.29. The Morgan fingerprint density at radius 1 is 1.16 bits per heavy atom. The zero-order chi connectivity index (χ0) is 14.0. The largest absolute Gasteiger partial charge is 0.377 e. The van der Waals surface area contributed by atoms with Crippen LogP contribution in [0.4, 0.5) is 17.2 Å². The van der Waals surface area contributed by atoms with Crippen molar-refractivity contribution in [3.63, 3.8) is 0 Å². The summed E-state index contributed by atoms with van der Waals surface area (Å²) in [7, 11) is 4.08. The fraction of sp³-hybridized carbons (Fsp3) is 0.214. The highest BCUT2D eigenvalue weighted by atomic mass is 79.9. The van der Waals surface area contributed by atoms with Gasteiger partial charge in [-0.1, -0.05) is 6.07 Å². The van der Waals surface area contributed by atoms with E-state index in [4.69, 9.17) is 0 Å². The average molecular weight is 385 g/mol. The molecule has 0 amide bonds. The number of aryl methyl sites for hydroxylation is 1. The fourth-order valence-electron chi connectivity index (χ4n) is 1.81. The first kappa shape index (κ1) is 14.3. The topological polar surface area (TPSA) is 28.2 Å². The fourth-order valence-corrected chi connectivity index (χ4v) is 2.90. The normalized spacial score (nSPS) is 10.4. The molecule has 1 aromatic carbocycles. The van der Waals surface area contributed by atoms with E-state index in [0.29, 0.717) is 0 Å². The van der Waals surface area contributed by atoms with Crippen molar-refractivity contribution in [3.05, 3.63) is 45.0 Å². The van der Waals surface area contributed by atoms with Gasteiger partial charge in [-0.3, -0.25) is 0 Å². The van der Waals surface area contributed by atoms with Crippen LogP contribution in [0.2, 0.25) is 0 Å². The quantitative estimate of drug-likeness (QED) is 0.829. The molecule has 1 aromatic heterocycles. The molecule has 0 aliphatic rings. The minimum atomic E-state index is 0.803. The van der Waals surface area contributed by atoms with Crippen molar-refractivity contribution in [2.45, 2.75) is 6.92 Å². The lowest BCUT2D eigenvalue weighted by Crippen LogP contribution is -2.10. The number of anilines is 3. The molecule has 0 bridgehead atoms. The average Bonchev–Trinajstić information content (AvgIpc) is 2.34. The second-order valence-corrected chi connectivity index (χ2v) is 6.27. The maximum absolute atomic E-state index is 4.35. The molecule has 2 rings (SSSR count). The molecule has 0 radical (unpaired) electrons. The summed E-state index contributed by atoms with van der Waals surface area (Å²) in [5, 5.41) is 3.32. The third-order valence-electron chi connectivity index (χ3n) is 2.76. The highest BCUT2D eigenvalue weighted by molar-refractivity contribution is 9.11. The van der Waals surface area contributed by atoms with E-state index in [9.17, 15) is 0 Å². The summed E-state index contributed by atoms with van der Waals surface area (Å²) in [4.78, 5) is 6.45. The van der Waals surface area contributed by atoms with Crippen molar-refractivity contribution in [3.8, 4) is 0 Å². The van der Waals surface area contributed by atoms with Crippen molar-refractivity contribution >= 4 is 49.1 Å². The van der Waals surface area contributed by atoms with E-state index in [1.165, 1.54) is 11.3 Å². The molecule has 0 saturated carbocycles. The molecular weight excluding hydrogens is 370 g/mol. The van der Waals surface area contributed by atoms with Crippen LogP contribution in [-0.2, 0) is 0 Å². The molecule has 1 N–H and O–H groups in total. The Morgan fingerprint density at radius 3 is 2.53 bits per heavy atom. The zero-order valence-corrected chi connectivity index (χ0v) is 14.2. The van der Waals surface area contributed by atoms with Crippen LogP contribution in [0.3, 0.4) is 0 Å². The van der Waals surface area contributed by atoms with Crippen LogP contribution in [0.5, 0.6) is 0 Å². The predicted molar refractivity (Wildman–Crippen MR) is 88.4 cm³/mol. The summed E-state index contributed by atoms with van der Waals surface area (Å²) in [6, 6.07) is 8.24. The molecule has 19 heavy (non-hydrogen) atoms. The van der Waals surface area contributed by atoms with Crippen LogP contribution in [0.25, 0.3) is 0 Å². The maximum atomic E-state index is 4.35. The minimum absolute atomic E-state index is 0.803. The van der Waals surface area contributed by atoms with Gasteiger partial charge in [0.1, 0.15) is 5.82 Å². The first-order valence-corrected chi connectivity index (χ1v) is 7.42. The number of hydrogen-bond donors (Lipinski definition) is 1. The second-order valence-electron chi connectivity index (χ2n) is 4.50. The van der Waals surface area contributed by atoms with Crippen molar-refractivity contribution in [2.75, 3.05) is 24.3 Å². The summed E-state index contributed by atoms with van der Waals surface area (Å²) in [6.45, 7) is 2.10. The molecule has 3 nitrogen and oxygen atoms in total. The zero-order valence-electron chi connectivity index (χ0n) is 11.0. The number of benzene rings is 1. The molecule has 2 aromatic rings. The number of halogens is 2. The Morgan fingerprint density at radius 2 is 1.89 bits per heavy atom. The number of nitrogens with one attached hydrogen (secondary N) is 1. The molecule has 0 aliphatic carbocycles. The van der Waals surface area contributed by atoms with Gasteiger partial charge in [-0.25, -0.2) is 4.98 Å². The van der Waals surface area contributed by atoms with Gasteiger partial charge in [0.15, 0.2) is 0 Å². The molecule has 0 saturated heterocycles. The van der Waals surface area contributed by atoms with Gasteiger partial charge >= 0.3 is 0 Å². The van der Waals surface area contributed by atoms with Gasteiger partial charge in [-0.2, -0.15) is 0 Å². The molecule has 5 heteroatoms. The molecule has 0 spiro atoms. The van der Waals surface area contributed by atoms with Crippen molar-refractivity contribution < 1.29 is 0 Å². The van der Waals surface area contributed by atoms with Gasteiger partial charge in [-0.05, 0) is 62.5 Å². The highest BCUT2D eigenvalue weighted by Gasteiger charge is 2.06. The molecule has 0 atom stereocenters. The van der Waals surface area contributed by atoms with Crippen LogP contribution in [0.15, 0.2) is 39.4 Å². The van der Waals surface area contributed by atoms with E-state index in [-0.39, 0.29) is 0 Å². The number of aromatic nitrogens is 1. The first-order valence-electron chi connectivity index (χ1n) is 5.83. The molecule has 1 heterocycles. The number of nitrogens with zero attached hydrogens (tertiary/aromatic N) is 2. The Balaban J connectivity index is 2.31. The van der Waals surface area contributed by atoms with Crippen LogP contribution in [0, 0.1) is 6.92 Å². The Labute approximate surface area is 130 Å². The standard InChI is InChI=1S/C14H15Br2N3/c1-9-4-5-11(7-13(9)19(2)3)18-14-12(16)6-10(15)8-17-14/h4-8H,1-3H3,(H,17,18). The molecule has 0 fully saturated rings. The Hall–Kier alpha value is -1.07. The monoisotopic (exact) mass is 383 g/mol. The van der Waals surface area contributed by atoms with Gasteiger partial charge in [-0.15, -0.1) is 0 Å². The predicted octanol–water partition coefficient (Wildman–Crippen LogP) is 4.72. The number of pyridine rings is 1. The van der Waals surface area contributed by atoms with Crippen LogP contribution in [-0.4, -0.2) is 19.1 Å². The lowest BCUT2D eigenvalue weighted by atomic mass is 10.1. The van der Waals surface area contributed by atoms with Crippen molar-refractivity contribution in [2.24, 2.45) is 0 Å². The van der Waals surface area contributed by atoms with Gasteiger partial charge in [0, 0.05) is 36.1 Å². The van der Waals surface area contributed by atoms with Crippen LogP contribution in [0.1, 0.15) is 5.56 Å². The third-order valence-corrected chi connectivity index (χ3v) is 3.80. The second kappa shape index (κ2) is 5.92. The molecule has 0 unspecified atom stereocenters. The van der Waals surface area contributed by atoms with E-state index in [0.717, 1.165) is 20.5 Å². The minimum Gasteiger partial charge on any atom is -0.377 e. The Kier molecular flexibility index (Phi) is 4.47. The first-order chi connectivity index (χ1) is 8.97. The van der Waals surface area contributed by atoms with E-state index >= 15 is 0 Å². The summed E-state index contributed by atoms with van der Waals surface area (Å²) < 4.78 is 1.87. The van der Waals surface area contributed by atoms with E-state index in [1.54, 1.807) is 6.20 Å². The Bertz CT molecular complexity index is 597. The van der Waals surface area contributed by atoms with E-state index < -0.39 is 0 Å². The van der Waals surface area contributed by atoms with Gasteiger partial charge in [0.2, 0.25) is 0 Å². The summed E-state index contributed by atoms with van der Waals surface area (Å²) >= 11 is 6.90. The lowest BCUT2D eigenvalue weighted by Gasteiger charge is -2.17. The van der Waals surface area contributed by atoms with Gasteiger partial charge in [0.25, 0.3) is 0 Å². The van der Waals surface area contributed by atoms with E-state index in [2.05, 4.69) is 72.2 Å². The summed E-state index contributed by atoms with van der Waals surface area (Å²) in [6.07, 6.45) is 1.77. The van der Waals surface area contributed by atoms with Gasteiger partial charge in [0.05, 0.1) is 4.47 Å². The molecule has 0 aliphatic heterocycles. The lowest BCUT2D eigenvalue weighted by molar-refractivity contribution is 1.11. The number of rotatable bonds is 3. The van der Waals surface area contributed by atoms with Crippen molar-refractivity contribution in [1.29, 1.82) is 0 Å². The smallest absolute Gasteiger partial charge is 0.144 e. The van der Waals surface area contributed by atoms with E-state index in [1.807, 2.05) is 20.2 Å². The summed E-state index contributed by atoms with van der Waals surface area (Å²) in [5.74, 6) is 0.803. The molecular formula is C14H15Br2N3. The molecule has 100 valence electrons. The summed E-state index contributed by atoms with van der Waals surface area (Å²) in [5.41, 5.74) is 3.46. The maximum Gasteiger partial charge on any atom is 0.144 e. The SMILES string of the molecule is Cc1ccc(Nc2ncc(Br)cc2Br)cc1N(C)C. The van der Waals surface area contributed by atoms with Crippen LogP contribution < -0.4 is 10.2 Å². The third kappa shape index (κ3) is 3.48. The van der Waals surface area contributed by atoms with Gasteiger partial charge < -0.3 is 10.2 Å². The van der Waals surface area contributed by atoms with Crippen molar-refractivity contribution in [1.82, 2.24) is 4.98 Å². The number of hydrogen-bond acceptors (Lipinski definition) is 3.